The number of amidine groups is 1. The predicted octanol–water partition coefficient (Wildman–Crippen LogP) is 4.89. The molecule has 0 spiro atoms. The highest BCUT2D eigenvalue weighted by Crippen LogP contribution is 2.10. The Bertz CT molecular complexity index is 197. The van der Waals surface area contributed by atoms with E-state index in [2.05, 4.69) is 37.8 Å². The van der Waals surface area contributed by atoms with E-state index in [1.54, 1.807) is 0 Å². The van der Waals surface area contributed by atoms with Crippen LogP contribution >= 0.6 is 0 Å². The lowest BCUT2D eigenvalue weighted by molar-refractivity contribution is 0.556. The Balaban J connectivity index is 3.14. The number of hydrogen-bond acceptors (Lipinski definition) is 1. The Labute approximate surface area is 115 Å². The van der Waals surface area contributed by atoms with Gasteiger partial charge in [0.1, 0.15) is 0 Å². The molecule has 0 radical (unpaired) electrons. The molecule has 0 rings (SSSR count). The zero-order valence-corrected chi connectivity index (χ0v) is 13.2. The van der Waals surface area contributed by atoms with Gasteiger partial charge in [-0.15, -0.1) is 0 Å². The summed E-state index contributed by atoms with van der Waals surface area (Å²) in [5, 5.41) is 0. The highest BCUT2D eigenvalue weighted by Gasteiger charge is 1.94. The smallest absolute Gasteiger partial charge is 0.0952 e. The maximum absolute atomic E-state index is 4.53. The first kappa shape index (κ1) is 17.5. The van der Waals surface area contributed by atoms with Crippen molar-refractivity contribution in [1.29, 1.82) is 0 Å². The first-order valence-corrected chi connectivity index (χ1v) is 7.86. The molecular formula is C16H34N2. The fourth-order valence-electron chi connectivity index (χ4n) is 1.98. The normalized spacial score (nSPS) is 11.9. The van der Waals surface area contributed by atoms with Crippen LogP contribution in [0.3, 0.4) is 0 Å². The van der Waals surface area contributed by atoms with Crippen LogP contribution in [0, 0.1) is 0 Å². The lowest BCUT2D eigenvalue weighted by atomic mass is 10.1. The molecule has 0 atom stereocenters. The molecule has 18 heavy (non-hydrogen) atoms. The Morgan fingerprint density at radius 3 is 1.67 bits per heavy atom. The predicted molar refractivity (Wildman–Crippen MR) is 83.5 cm³/mol. The van der Waals surface area contributed by atoms with Crippen molar-refractivity contribution in [1.82, 2.24) is 4.90 Å². The number of aliphatic imine (C=N–C) groups is 1. The van der Waals surface area contributed by atoms with Gasteiger partial charge >= 0.3 is 0 Å². The third kappa shape index (κ3) is 11.9. The van der Waals surface area contributed by atoms with E-state index in [0.717, 1.165) is 12.4 Å². The Morgan fingerprint density at radius 1 is 0.778 bits per heavy atom. The molecule has 0 aliphatic heterocycles. The fourth-order valence-corrected chi connectivity index (χ4v) is 1.98. The molecule has 2 heteroatoms. The van der Waals surface area contributed by atoms with E-state index in [0.29, 0.717) is 0 Å². The van der Waals surface area contributed by atoms with Crippen molar-refractivity contribution < 1.29 is 0 Å². The van der Waals surface area contributed by atoms with Gasteiger partial charge in [0.05, 0.1) is 5.84 Å². The first-order valence-electron chi connectivity index (χ1n) is 7.86. The van der Waals surface area contributed by atoms with Crippen LogP contribution in [0.15, 0.2) is 4.99 Å². The Kier molecular flexibility index (Phi) is 12.5. The van der Waals surface area contributed by atoms with E-state index in [1.165, 1.54) is 64.2 Å². The van der Waals surface area contributed by atoms with Crippen LogP contribution in [0.2, 0.25) is 0 Å². The van der Waals surface area contributed by atoms with Crippen LogP contribution in [-0.4, -0.2) is 31.4 Å². The van der Waals surface area contributed by atoms with Crippen molar-refractivity contribution in [2.24, 2.45) is 4.99 Å². The van der Waals surface area contributed by atoms with Crippen molar-refractivity contribution in [3.63, 3.8) is 0 Å². The molecule has 2 nitrogen and oxygen atoms in total. The molecule has 0 aromatic rings. The minimum Gasteiger partial charge on any atom is -0.367 e. The van der Waals surface area contributed by atoms with Crippen LogP contribution in [-0.2, 0) is 0 Å². The van der Waals surface area contributed by atoms with Gasteiger partial charge in [0.2, 0.25) is 0 Å². The Hall–Kier alpha value is -0.530. The summed E-state index contributed by atoms with van der Waals surface area (Å²) in [4.78, 5) is 6.61. The second kappa shape index (κ2) is 12.9. The fraction of sp³-hybridized carbons (Fsp3) is 0.938. The topological polar surface area (TPSA) is 15.6 Å². The monoisotopic (exact) mass is 254 g/mol. The summed E-state index contributed by atoms with van der Waals surface area (Å²) in [6.45, 7) is 5.36. The molecule has 0 bridgehead atoms. The van der Waals surface area contributed by atoms with Gasteiger partial charge in [-0.25, -0.2) is 0 Å². The molecular weight excluding hydrogens is 220 g/mol. The summed E-state index contributed by atoms with van der Waals surface area (Å²) in [5.41, 5.74) is 0. The number of hydrogen-bond donors (Lipinski definition) is 0. The van der Waals surface area contributed by atoms with Gasteiger partial charge in [0, 0.05) is 20.6 Å². The summed E-state index contributed by atoms with van der Waals surface area (Å²) in [5.74, 6) is 1.14. The quantitative estimate of drug-likeness (QED) is 0.291. The standard InChI is InChI=1S/C16H34N2/c1-5-6-7-8-9-10-11-12-13-14-15-17-16(2)18(3)4/h5-15H2,1-4H3. The molecule has 0 aliphatic rings. The van der Waals surface area contributed by atoms with Gasteiger partial charge < -0.3 is 4.90 Å². The van der Waals surface area contributed by atoms with Gasteiger partial charge in [-0.2, -0.15) is 0 Å². The number of unbranched alkanes of at least 4 members (excludes halogenated alkanes) is 9. The van der Waals surface area contributed by atoms with Crippen LogP contribution in [0.1, 0.15) is 78.1 Å². The second-order valence-corrected chi connectivity index (χ2v) is 5.51. The average molecular weight is 254 g/mol. The van der Waals surface area contributed by atoms with E-state index in [-0.39, 0.29) is 0 Å². The van der Waals surface area contributed by atoms with E-state index in [9.17, 15) is 0 Å². The van der Waals surface area contributed by atoms with Crippen LogP contribution < -0.4 is 0 Å². The molecule has 0 aliphatic carbocycles. The molecule has 0 amide bonds. The molecule has 0 saturated carbocycles. The van der Waals surface area contributed by atoms with Crippen LogP contribution in [0.5, 0.6) is 0 Å². The first-order chi connectivity index (χ1) is 8.68. The molecule has 0 aromatic carbocycles. The molecule has 0 aromatic heterocycles. The maximum Gasteiger partial charge on any atom is 0.0952 e. The van der Waals surface area contributed by atoms with Crippen LogP contribution in [0.4, 0.5) is 0 Å². The molecule has 0 unspecified atom stereocenters. The van der Waals surface area contributed by atoms with E-state index in [1.807, 2.05) is 0 Å². The van der Waals surface area contributed by atoms with Gasteiger partial charge in [-0.3, -0.25) is 4.99 Å². The minimum absolute atomic E-state index is 1.00. The lowest BCUT2D eigenvalue weighted by Gasteiger charge is -2.10. The minimum atomic E-state index is 1.00. The van der Waals surface area contributed by atoms with Crippen molar-refractivity contribution in [2.45, 2.75) is 78.1 Å². The van der Waals surface area contributed by atoms with E-state index >= 15 is 0 Å². The van der Waals surface area contributed by atoms with Crippen molar-refractivity contribution in [3.05, 3.63) is 0 Å². The van der Waals surface area contributed by atoms with Gasteiger partial charge in [-0.05, 0) is 13.3 Å². The van der Waals surface area contributed by atoms with E-state index < -0.39 is 0 Å². The van der Waals surface area contributed by atoms with E-state index in [4.69, 9.17) is 0 Å². The molecule has 108 valence electrons. The second-order valence-electron chi connectivity index (χ2n) is 5.51. The lowest BCUT2D eigenvalue weighted by Crippen LogP contribution is -2.18. The zero-order chi connectivity index (χ0) is 13.6. The average Bonchev–Trinajstić information content (AvgIpc) is 2.35. The van der Waals surface area contributed by atoms with Gasteiger partial charge in [0.15, 0.2) is 0 Å². The molecule has 0 saturated heterocycles. The summed E-state index contributed by atoms with van der Waals surface area (Å²) in [7, 11) is 4.11. The largest absolute Gasteiger partial charge is 0.367 e. The number of nitrogens with zero attached hydrogens (tertiary/aromatic N) is 2. The molecule has 0 fully saturated rings. The third-order valence-electron chi connectivity index (χ3n) is 3.50. The summed E-state index contributed by atoms with van der Waals surface area (Å²) in [6, 6.07) is 0. The molecule has 0 N–H and O–H groups in total. The SMILES string of the molecule is CCCCCCCCCCCCN=C(C)N(C)C. The highest BCUT2D eigenvalue weighted by atomic mass is 15.1. The number of rotatable bonds is 11. The van der Waals surface area contributed by atoms with Crippen molar-refractivity contribution in [3.8, 4) is 0 Å². The maximum atomic E-state index is 4.53. The van der Waals surface area contributed by atoms with Gasteiger partial charge in [-0.1, -0.05) is 64.7 Å². The molecule has 0 heterocycles. The van der Waals surface area contributed by atoms with Gasteiger partial charge in [0.25, 0.3) is 0 Å². The highest BCUT2D eigenvalue weighted by molar-refractivity contribution is 5.79. The summed E-state index contributed by atoms with van der Waals surface area (Å²) < 4.78 is 0. The van der Waals surface area contributed by atoms with Crippen molar-refractivity contribution in [2.75, 3.05) is 20.6 Å². The summed E-state index contributed by atoms with van der Waals surface area (Å²) in [6.07, 6.45) is 13.9. The summed E-state index contributed by atoms with van der Waals surface area (Å²) >= 11 is 0. The Morgan fingerprint density at radius 2 is 1.22 bits per heavy atom. The zero-order valence-electron chi connectivity index (χ0n) is 13.2. The third-order valence-corrected chi connectivity index (χ3v) is 3.50. The van der Waals surface area contributed by atoms with Crippen molar-refractivity contribution >= 4 is 5.84 Å². The van der Waals surface area contributed by atoms with Crippen LogP contribution in [0.25, 0.3) is 0 Å².